The van der Waals surface area contributed by atoms with Crippen molar-refractivity contribution >= 4 is 17.1 Å². The molecule has 2 aromatic heterocycles. The zero-order valence-electron chi connectivity index (χ0n) is 12.0. The van der Waals surface area contributed by atoms with Crippen LogP contribution in [0.15, 0.2) is 36.7 Å². The summed E-state index contributed by atoms with van der Waals surface area (Å²) in [4.78, 5) is 23.3. The van der Waals surface area contributed by atoms with Gasteiger partial charge in [-0.1, -0.05) is 0 Å². The van der Waals surface area contributed by atoms with E-state index in [0.29, 0.717) is 12.1 Å². The zero-order chi connectivity index (χ0) is 15.5. The number of aryl methyl sites for hydroxylation is 1. The van der Waals surface area contributed by atoms with Crippen LogP contribution in [-0.2, 0) is 16.0 Å². The molecule has 0 aliphatic rings. The molecule has 1 aromatic carbocycles. The Kier molecular flexibility index (Phi) is 3.74. The van der Waals surface area contributed by atoms with Crippen LogP contribution in [0.5, 0.6) is 5.75 Å². The highest BCUT2D eigenvalue weighted by Crippen LogP contribution is 2.30. The van der Waals surface area contributed by atoms with Gasteiger partial charge >= 0.3 is 5.97 Å². The average molecular weight is 297 g/mol. The number of aromatic hydroxyl groups is 1. The minimum Gasteiger partial charge on any atom is -0.508 e. The Bertz CT molecular complexity index is 809. The lowest BCUT2D eigenvalue weighted by molar-refractivity contribution is -0.140. The van der Waals surface area contributed by atoms with E-state index in [-0.39, 0.29) is 18.1 Å². The third-order valence-corrected chi connectivity index (χ3v) is 3.49. The van der Waals surface area contributed by atoms with E-state index < -0.39 is 0 Å². The fourth-order valence-electron chi connectivity index (χ4n) is 2.41. The second-order valence-corrected chi connectivity index (χ2v) is 4.86. The maximum atomic E-state index is 11.4. The number of fused-ring (bicyclic) bond motifs is 1. The Labute approximate surface area is 126 Å². The standard InChI is InChI=1S/C16H15N3O3/c1-22-13(21)7-6-12-14(10-2-4-11(20)5-3-10)19-16-15(12)17-8-9-18-16/h2-5,8-9,20H,6-7H2,1H3,(H,18,19). The summed E-state index contributed by atoms with van der Waals surface area (Å²) >= 11 is 0. The van der Waals surface area contributed by atoms with Gasteiger partial charge in [-0.15, -0.1) is 0 Å². The van der Waals surface area contributed by atoms with E-state index in [1.807, 2.05) is 12.1 Å². The van der Waals surface area contributed by atoms with E-state index in [9.17, 15) is 9.90 Å². The van der Waals surface area contributed by atoms with Crippen LogP contribution in [0.25, 0.3) is 22.4 Å². The molecule has 3 rings (SSSR count). The number of hydrogen-bond acceptors (Lipinski definition) is 5. The maximum absolute atomic E-state index is 11.4. The van der Waals surface area contributed by atoms with Crippen molar-refractivity contribution in [3.05, 3.63) is 42.2 Å². The first-order valence-corrected chi connectivity index (χ1v) is 6.87. The number of ether oxygens (including phenoxy) is 1. The number of phenols is 1. The summed E-state index contributed by atoms with van der Waals surface area (Å²) in [6.07, 6.45) is 4.01. The van der Waals surface area contributed by atoms with E-state index in [2.05, 4.69) is 15.0 Å². The van der Waals surface area contributed by atoms with Crippen LogP contribution in [0.3, 0.4) is 0 Å². The average Bonchev–Trinajstić information content (AvgIpc) is 2.92. The number of carbonyl (C=O) groups excluding carboxylic acids is 1. The molecule has 3 aromatic rings. The van der Waals surface area contributed by atoms with Crippen LogP contribution in [0.2, 0.25) is 0 Å². The van der Waals surface area contributed by atoms with Gasteiger partial charge in [-0.3, -0.25) is 9.78 Å². The van der Waals surface area contributed by atoms with E-state index in [0.717, 1.165) is 22.3 Å². The number of benzene rings is 1. The Morgan fingerprint density at radius 1 is 1.23 bits per heavy atom. The highest BCUT2D eigenvalue weighted by atomic mass is 16.5. The van der Waals surface area contributed by atoms with Gasteiger partial charge in [0.1, 0.15) is 11.3 Å². The van der Waals surface area contributed by atoms with Crippen LogP contribution in [0.4, 0.5) is 0 Å². The van der Waals surface area contributed by atoms with Crippen molar-refractivity contribution < 1.29 is 14.6 Å². The lowest BCUT2D eigenvalue weighted by Crippen LogP contribution is -2.02. The number of nitrogens with zero attached hydrogens (tertiary/aromatic N) is 2. The van der Waals surface area contributed by atoms with Gasteiger partial charge in [0.2, 0.25) is 0 Å². The Morgan fingerprint density at radius 3 is 2.68 bits per heavy atom. The van der Waals surface area contributed by atoms with Crippen molar-refractivity contribution in [3.63, 3.8) is 0 Å². The number of methoxy groups -OCH3 is 1. The molecule has 0 radical (unpaired) electrons. The van der Waals surface area contributed by atoms with Crippen molar-refractivity contribution in [2.24, 2.45) is 0 Å². The van der Waals surface area contributed by atoms with Crippen LogP contribution in [0.1, 0.15) is 12.0 Å². The van der Waals surface area contributed by atoms with Gasteiger partial charge in [-0.25, -0.2) is 4.98 Å². The molecule has 2 N–H and O–H groups in total. The Hall–Kier alpha value is -2.89. The number of aromatic amines is 1. The molecule has 2 heterocycles. The minimum absolute atomic E-state index is 0.201. The van der Waals surface area contributed by atoms with Crippen molar-refractivity contribution in [1.82, 2.24) is 15.0 Å². The smallest absolute Gasteiger partial charge is 0.305 e. The molecule has 112 valence electrons. The summed E-state index contributed by atoms with van der Waals surface area (Å²) in [6.45, 7) is 0. The first-order chi connectivity index (χ1) is 10.7. The Balaban J connectivity index is 2.07. The van der Waals surface area contributed by atoms with Gasteiger partial charge in [0, 0.05) is 24.4 Å². The molecular formula is C16H15N3O3. The molecule has 0 amide bonds. The molecule has 0 atom stereocenters. The van der Waals surface area contributed by atoms with E-state index >= 15 is 0 Å². The van der Waals surface area contributed by atoms with Crippen molar-refractivity contribution in [3.8, 4) is 17.0 Å². The number of rotatable bonds is 4. The SMILES string of the molecule is COC(=O)CCc1c(-c2ccc(O)cc2)[nH]c2nccnc12. The van der Waals surface area contributed by atoms with Crippen LogP contribution >= 0.6 is 0 Å². The molecular weight excluding hydrogens is 282 g/mol. The van der Waals surface area contributed by atoms with Crippen molar-refractivity contribution in [1.29, 1.82) is 0 Å². The lowest BCUT2D eigenvalue weighted by atomic mass is 10.0. The zero-order valence-corrected chi connectivity index (χ0v) is 12.0. The van der Waals surface area contributed by atoms with Gasteiger partial charge < -0.3 is 14.8 Å². The molecule has 0 aliphatic heterocycles. The van der Waals surface area contributed by atoms with Gasteiger partial charge in [0.25, 0.3) is 0 Å². The van der Waals surface area contributed by atoms with E-state index in [1.165, 1.54) is 7.11 Å². The molecule has 22 heavy (non-hydrogen) atoms. The normalized spacial score (nSPS) is 10.8. The highest BCUT2D eigenvalue weighted by Gasteiger charge is 2.16. The van der Waals surface area contributed by atoms with Crippen LogP contribution in [-0.4, -0.2) is 33.1 Å². The molecule has 0 unspecified atom stereocenters. The summed E-state index contributed by atoms with van der Waals surface area (Å²) in [5, 5.41) is 9.42. The number of esters is 1. The third kappa shape index (κ3) is 2.63. The quantitative estimate of drug-likeness (QED) is 0.722. The molecule has 6 heteroatoms. The predicted octanol–water partition coefficient (Wildman–Crippen LogP) is 2.44. The number of nitrogens with one attached hydrogen (secondary N) is 1. The first kappa shape index (κ1) is 14.1. The molecule has 0 saturated heterocycles. The van der Waals surface area contributed by atoms with Gasteiger partial charge in [-0.05, 0) is 36.2 Å². The summed E-state index contributed by atoms with van der Waals surface area (Å²) < 4.78 is 4.70. The lowest BCUT2D eigenvalue weighted by Gasteiger charge is -2.04. The number of phenolic OH excluding ortho intramolecular Hbond substituents is 1. The first-order valence-electron chi connectivity index (χ1n) is 6.87. The summed E-state index contributed by atoms with van der Waals surface area (Å²) in [6, 6.07) is 6.85. The van der Waals surface area contributed by atoms with E-state index in [4.69, 9.17) is 4.74 Å². The molecule has 0 aliphatic carbocycles. The van der Waals surface area contributed by atoms with Crippen molar-refractivity contribution in [2.75, 3.05) is 7.11 Å². The second kappa shape index (κ2) is 5.85. The number of aromatic nitrogens is 3. The Morgan fingerprint density at radius 2 is 1.95 bits per heavy atom. The molecule has 0 fully saturated rings. The largest absolute Gasteiger partial charge is 0.508 e. The number of carbonyl (C=O) groups is 1. The second-order valence-electron chi connectivity index (χ2n) is 4.86. The van der Waals surface area contributed by atoms with Crippen LogP contribution in [0, 0.1) is 0 Å². The fraction of sp³-hybridized carbons (Fsp3) is 0.188. The minimum atomic E-state index is -0.269. The molecule has 0 spiro atoms. The topological polar surface area (TPSA) is 88.1 Å². The monoisotopic (exact) mass is 297 g/mol. The summed E-state index contributed by atoms with van der Waals surface area (Å²) in [5.74, 6) is -0.0675. The summed E-state index contributed by atoms with van der Waals surface area (Å²) in [7, 11) is 1.37. The van der Waals surface area contributed by atoms with E-state index in [1.54, 1.807) is 24.5 Å². The molecule has 0 bridgehead atoms. The number of H-pyrrole nitrogens is 1. The predicted molar refractivity (Wildman–Crippen MR) is 81.3 cm³/mol. The van der Waals surface area contributed by atoms with Gasteiger partial charge in [0.05, 0.1) is 12.8 Å². The van der Waals surface area contributed by atoms with Crippen LogP contribution < -0.4 is 0 Å². The highest BCUT2D eigenvalue weighted by molar-refractivity contribution is 5.86. The fourth-order valence-corrected chi connectivity index (χ4v) is 2.41. The molecule has 0 saturated carbocycles. The van der Waals surface area contributed by atoms with Crippen molar-refractivity contribution in [2.45, 2.75) is 12.8 Å². The molecule has 6 nitrogen and oxygen atoms in total. The maximum Gasteiger partial charge on any atom is 0.305 e. The number of hydrogen-bond donors (Lipinski definition) is 2. The summed E-state index contributed by atoms with van der Waals surface area (Å²) in [5.41, 5.74) is 4.08. The third-order valence-electron chi connectivity index (χ3n) is 3.49. The van der Waals surface area contributed by atoms with Gasteiger partial charge in [0.15, 0.2) is 5.65 Å². The van der Waals surface area contributed by atoms with Gasteiger partial charge in [-0.2, -0.15) is 0 Å².